The van der Waals surface area contributed by atoms with Gasteiger partial charge in [0.05, 0.1) is 12.8 Å². The number of hydrogen-bond donors (Lipinski definition) is 1. The second-order valence-corrected chi connectivity index (χ2v) is 7.25. The van der Waals surface area contributed by atoms with Gasteiger partial charge in [-0.15, -0.1) is 0 Å². The van der Waals surface area contributed by atoms with Crippen LogP contribution < -0.4 is 9.47 Å². The van der Waals surface area contributed by atoms with E-state index in [1.165, 1.54) is 12.1 Å². The van der Waals surface area contributed by atoms with Gasteiger partial charge in [-0.25, -0.2) is 4.39 Å². The summed E-state index contributed by atoms with van der Waals surface area (Å²) in [5.41, 5.74) is 2.84. The van der Waals surface area contributed by atoms with Crippen LogP contribution in [0.5, 0.6) is 11.5 Å². The standard InChI is InChI=1S/C21H21FN4O2S/c1-3-27-18-10-15-8-13(2)28-19(15)11-16(18)12-23-26-20(24-25-21(26)29)9-14-4-6-17(22)7-5-14/h4-7,10-13H,3,8-9H2,1-2H3,(H,25,29)/b23-12-/t13-/m0/s1. The summed E-state index contributed by atoms with van der Waals surface area (Å²) in [4.78, 5) is 0. The van der Waals surface area contributed by atoms with Crippen LogP contribution in [-0.4, -0.2) is 33.8 Å². The molecule has 1 N–H and O–H groups in total. The van der Waals surface area contributed by atoms with Gasteiger partial charge in [0.25, 0.3) is 0 Å². The Bertz CT molecular complexity index is 1100. The van der Waals surface area contributed by atoms with E-state index in [9.17, 15) is 4.39 Å². The Kier molecular flexibility index (Phi) is 5.44. The lowest BCUT2D eigenvalue weighted by Crippen LogP contribution is -2.05. The maximum atomic E-state index is 13.1. The fraction of sp³-hybridized carbons (Fsp3) is 0.286. The molecule has 4 rings (SSSR count). The van der Waals surface area contributed by atoms with Gasteiger partial charge in [-0.05, 0) is 55.9 Å². The first-order chi connectivity index (χ1) is 14.0. The molecule has 6 nitrogen and oxygen atoms in total. The van der Waals surface area contributed by atoms with Crippen LogP contribution in [-0.2, 0) is 12.8 Å². The summed E-state index contributed by atoms with van der Waals surface area (Å²) in [5.74, 6) is 1.96. The van der Waals surface area contributed by atoms with Gasteiger partial charge in [0.1, 0.15) is 23.4 Å². The SMILES string of the molecule is CCOc1cc2c(cc1/C=N\n1c(Cc3ccc(F)cc3)n[nH]c1=S)O[C@@H](C)C2. The van der Waals surface area contributed by atoms with Gasteiger partial charge in [-0.2, -0.15) is 14.9 Å². The molecular formula is C21H21FN4O2S. The quantitative estimate of drug-likeness (QED) is 0.485. The number of H-pyrrole nitrogens is 1. The van der Waals surface area contributed by atoms with Crippen molar-refractivity contribution in [1.29, 1.82) is 0 Å². The Balaban J connectivity index is 1.64. The summed E-state index contributed by atoms with van der Waals surface area (Å²) >= 11 is 5.32. The first-order valence-corrected chi connectivity index (χ1v) is 9.85. The van der Waals surface area contributed by atoms with Crippen LogP contribution in [0.4, 0.5) is 4.39 Å². The summed E-state index contributed by atoms with van der Waals surface area (Å²) < 4.78 is 26.7. The molecule has 2 heterocycles. The molecule has 0 radical (unpaired) electrons. The molecule has 1 aromatic heterocycles. The lowest BCUT2D eigenvalue weighted by atomic mass is 10.1. The number of hydrogen-bond acceptors (Lipinski definition) is 5. The van der Waals surface area contributed by atoms with Crippen molar-refractivity contribution in [2.45, 2.75) is 32.8 Å². The second kappa shape index (κ2) is 8.16. The summed E-state index contributed by atoms with van der Waals surface area (Å²) in [6, 6.07) is 10.2. The van der Waals surface area contributed by atoms with Gasteiger partial charge < -0.3 is 9.47 Å². The minimum atomic E-state index is -0.276. The van der Waals surface area contributed by atoms with E-state index in [0.29, 0.717) is 23.6 Å². The van der Waals surface area contributed by atoms with E-state index in [0.717, 1.165) is 34.6 Å². The molecule has 2 aromatic carbocycles. The molecule has 29 heavy (non-hydrogen) atoms. The molecule has 1 aliphatic heterocycles. The van der Waals surface area contributed by atoms with Crippen molar-refractivity contribution in [1.82, 2.24) is 14.9 Å². The van der Waals surface area contributed by atoms with Crippen molar-refractivity contribution in [2.75, 3.05) is 6.61 Å². The summed E-state index contributed by atoms with van der Waals surface area (Å²) in [6.45, 7) is 4.54. The minimum Gasteiger partial charge on any atom is -0.493 e. The Hall–Kier alpha value is -3.00. The second-order valence-electron chi connectivity index (χ2n) is 6.87. The summed E-state index contributed by atoms with van der Waals surface area (Å²) in [5, 5.41) is 11.5. The Morgan fingerprint density at radius 1 is 1.38 bits per heavy atom. The molecule has 8 heteroatoms. The third-order valence-corrected chi connectivity index (χ3v) is 4.90. The molecule has 1 aliphatic rings. The molecule has 0 bridgehead atoms. The molecule has 0 unspecified atom stereocenters. The predicted molar refractivity (Wildman–Crippen MR) is 111 cm³/mol. The number of nitrogens with one attached hydrogen (secondary N) is 1. The van der Waals surface area contributed by atoms with Crippen LogP contribution in [0.15, 0.2) is 41.5 Å². The van der Waals surface area contributed by atoms with E-state index in [2.05, 4.69) is 15.3 Å². The lowest BCUT2D eigenvalue weighted by Gasteiger charge is -2.09. The van der Waals surface area contributed by atoms with Gasteiger partial charge in [-0.1, -0.05) is 12.1 Å². The number of rotatable bonds is 6. The average Bonchev–Trinajstić information content (AvgIpc) is 3.23. The number of nitrogens with zero attached hydrogens (tertiary/aromatic N) is 3. The van der Waals surface area contributed by atoms with Crippen LogP contribution in [0.3, 0.4) is 0 Å². The topological polar surface area (TPSA) is 64.4 Å². The highest BCUT2D eigenvalue weighted by atomic mass is 32.1. The summed E-state index contributed by atoms with van der Waals surface area (Å²) in [7, 11) is 0. The molecule has 0 fully saturated rings. The highest BCUT2D eigenvalue weighted by Crippen LogP contribution is 2.34. The molecule has 0 saturated carbocycles. The zero-order valence-electron chi connectivity index (χ0n) is 16.2. The van der Waals surface area contributed by atoms with Gasteiger partial charge in [-0.3, -0.25) is 5.10 Å². The normalized spacial score (nSPS) is 15.5. The van der Waals surface area contributed by atoms with E-state index < -0.39 is 0 Å². The Morgan fingerprint density at radius 3 is 2.93 bits per heavy atom. The zero-order chi connectivity index (χ0) is 20.4. The monoisotopic (exact) mass is 412 g/mol. The van der Waals surface area contributed by atoms with Crippen LogP contribution in [0, 0.1) is 10.6 Å². The van der Waals surface area contributed by atoms with E-state index in [1.54, 1.807) is 23.0 Å². The zero-order valence-corrected chi connectivity index (χ0v) is 17.0. The van der Waals surface area contributed by atoms with Gasteiger partial charge in [0, 0.05) is 24.0 Å². The fourth-order valence-electron chi connectivity index (χ4n) is 3.30. The highest BCUT2D eigenvalue weighted by Gasteiger charge is 2.21. The molecule has 0 spiro atoms. The molecular weight excluding hydrogens is 391 g/mol. The molecule has 0 aliphatic carbocycles. The number of aromatic nitrogens is 3. The fourth-order valence-corrected chi connectivity index (χ4v) is 3.50. The van der Waals surface area contributed by atoms with E-state index in [-0.39, 0.29) is 11.9 Å². The van der Waals surface area contributed by atoms with Gasteiger partial charge in [0.15, 0.2) is 5.82 Å². The first-order valence-electron chi connectivity index (χ1n) is 9.45. The van der Waals surface area contributed by atoms with Crippen molar-refractivity contribution in [3.05, 3.63) is 69.5 Å². The third-order valence-electron chi connectivity index (χ3n) is 4.63. The van der Waals surface area contributed by atoms with Crippen LogP contribution in [0.25, 0.3) is 0 Å². The van der Waals surface area contributed by atoms with Crippen LogP contribution >= 0.6 is 12.2 Å². The number of halogens is 1. The summed E-state index contributed by atoms with van der Waals surface area (Å²) in [6.07, 6.45) is 3.17. The van der Waals surface area contributed by atoms with Crippen molar-refractivity contribution in [3.8, 4) is 11.5 Å². The molecule has 0 saturated heterocycles. The lowest BCUT2D eigenvalue weighted by molar-refractivity contribution is 0.254. The number of benzene rings is 2. The average molecular weight is 412 g/mol. The Labute approximate surface area is 173 Å². The maximum Gasteiger partial charge on any atom is 0.216 e. The van der Waals surface area contributed by atoms with E-state index >= 15 is 0 Å². The van der Waals surface area contributed by atoms with E-state index in [4.69, 9.17) is 21.7 Å². The first kappa shape index (κ1) is 19.3. The highest BCUT2D eigenvalue weighted by molar-refractivity contribution is 7.71. The van der Waals surface area contributed by atoms with E-state index in [1.807, 2.05) is 26.0 Å². The van der Waals surface area contributed by atoms with Crippen LogP contribution in [0.1, 0.15) is 36.4 Å². The molecule has 150 valence electrons. The molecule has 3 aromatic rings. The molecule has 1 atom stereocenters. The van der Waals surface area contributed by atoms with Crippen molar-refractivity contribution >= 4 is 18.4 Å². The smallest absolute Gasteiger partial charge is 0.216 e. The van der Waals surface area contributed by atoms with Crippen LogP contribution in [0.2, 0.25) is 0 Å². The van der Waals surface area contributed by atoms with Gasteiger partial charge >= 0.3 is 0 Å². The third kappa shape index (κ3) is 4.22. The Morgan fingerprint density at radius 2 is 2.17 bits per heavy atom. The molecule has 0 amide bonds. The number of fused-ring (bicyclic) bond motifs is 1. The van der Waals surface area contributed by atoms with Gasteiger partial charge in [0.2, 0.25) is 4.77 Å². The predicted octanol–water partition coefficient (Wildman–Crippen LogP) is 4.27. The van der Waals surface area contributed by atoms with Crippen molar-refractivity contribution < 1.29 is 13.9 Å². The minimum absolute atomic E-state index is 0.150. The van der Waals surface area contributed by atoms with Crippen molar-refractivity contribution in [3.63, 3.8) is 0 Å². The largest absolute Gasteiger partial charge is 0.493 e. The maximum absolute atomic E-state index is 13.1. The number of ether oxygens (including phenoxy) is 2. The van der Waals surface area contributed by atoms with Crippen molar-refractivity contribution in [2.24, 2.45) is 5.10 Å². The number of aromatic amines is 1.